The Balaban J connectivity index is 2.15. The lowest BCUT2D eigenvalue weighted by atomic mass is 10.1. The molecule has 4 N–H and O–H groups in total. The number of nitrogens with one attached hydrogen (secondary N) is 2. The van der Waals surface area contributed by atoms with Crippen molar-refractivity contribution in [2.24, 2.45) is 0 Å². The summed E-state index contributed by atoms with van der Waals surface area (Å²) in [6.45, 7) is 6.25. The van der Waals surface area contributed by atoms with E-state index in [2.05, 4.69) is 10.6 Å². The number of ether oxygens (including phenoxy) is 1. The molecule has 1 aromatic rings. The molecule has 1 aromatic carbocycles. The summed E-state index contributed by atoms with van der Waals surface area (Å²) in [5.41, 5.74) is 4.02. The predicted molar refractivity (Wildman–Crippen MR) is 95.8 cm³/mol. The number of nitrogen functional groups attached to an aromatic ring is 1. The molecular weight excluding hydrogens is 344 g/mol. The number of amides is 2. The first kappa shape index (κ1) is 21.7. The largest absolute Gasteiger partial charge is 0.444 e. The van der Waals surface area contributed by atoms with E-state index >= 15 is 0 Å². The Bertz CT molecular complexity index is 631. The summed E-state index contributed by atoms with van der Waals surface area (Å²) in [6.07, 6.45) is 2.72. The van der Waals surface area contributed by atoms with Crippen LogP contribution in [0.1, 0.15) is 56.8 Å². The molecule has 0 aliphatic rings. The number of nitrogens with two attached hydrogens (primary N) is 1. The maximum absolute atomic E-state index is 13.6. The first-order valence-corrected chi connectivity index (χ1v) is 8.59. The number of unbranched alkanes of at least 4 members (excludes halogenated alkanes) is 3. The molecule has 0 unspecified atom stereocenters. The van der Waals surface area contributed by atoms with Crippen LogP contribution in [-0.4, -0.2) is 30.7 Å². The Labute approximate surface area is 152 Å². The van der Waals surface area contributed by atoms with Gasteiger partial charge in [0.05, 0.1) is 11.3 Å². The molecule has 0 saturated carbocycles. The monoisotopic (exact) mass is 371 g/mol. The van der Waals surface area contributed by atoms with Gasteiger partial charge in [0.15, 0.2) is 0 Å². The molecule has 0 spiro atoms. The molecule has 8 heteroatoms. The van der Waals surface area contributed by atoms with Crippen LogP contribution in [0, 0.1) is 11.6 Å². The Morgan fingerprint density at radius 3 is 2.15 bits per heavy atom. The van der Waals surface area contributed by atoms with Crippen LogP contribution in [0.2, 0.25) is 0 Å². The first-order valence-electron chi connectivity index (χ1n) is 8.59. The van der Waals surface area contributed by atoms with Gasteiger partial charge in [-0.3, -0.25) is 4.79 Å². The second-order valence-electron chi connectivity index (χ2n) is 6.95. The van der Waals surface area contributed by atoms with Gasteiger partial charge >= 0.3 is 6.09 Å². The highest BCUT2D eigenvalue weighted by molar-refractivity contribution is 5.94. The molecule has 0 heterocycles. The van der Waals surface area contributed by atoms with Crippen molar-refractivity contribution in [1.82, 2.24) is 10.6 Å². The molecule has 6 nitrogen and oxygen atoms in total. The maximum Gasteiger partial charge on any atom is 0.407 e. The lowest BCUT2D eigenvalue weighted by Gasteiger charge is -2.19. The van der Waals surface area contributed by atoms with Gasteiger partial charge in [-0.1, -0.05) is 12.8 Å². The van der Waals surface area contributed by atoms with E-state index in [1.807, 2.05) is 0 Å². The second kappa shape index (κ2) is 9.94. The molecule has 26 heavy (non-hydrogen) atoms. The van der Waals surface area contributed by atoms with Crippen molar-refractivity contribution in [3.05, 3.63) is 29.3 Å². The zero-order valence-corrected chi connectivity index (χ0v) is 15.5. The van der Waals surface area contributed by atoms with Crippen molar-refractivity contribution < 1.29 is 23.1 Å². The highest BCUT2D eigenvalue weighted by Crippen LogP contribution is 2.16. The number of alkyl carbamates (subject to hydrolysis) is 1. The fraction of sp³-hybridized carbons (Fsp3) is 0.556. The van der Waals surface area contributed by atoms with Crippen molar-refractivity contribution in [2.45, 2.75) is 52.1 Å². The van der Waals surface area contributed by atoms with Crippen molar-refractivity contribution in [2.75, 3.05) is 18.8 Å². The van der Waals surface area contributed by atoms with Crippen molar-refractivity contribution >= 4 is 17.7 Å². The highest BCUT2D eigenvalue weighted by atomic mass is 19.1. The summed E-state index contributed by atoms with van der Waals surface area (Å²) in [4.78, 5) is 23.3. The summed E-state index contributed by atoms with van der Waals surface area (Å²) >= 11 is 0. The molecule has 0 saturated heterocycles. The Morgan fingerprint density at radius 1 is 1.00 bits per heavy atom. The Hall–Kier alpha value is -2.38. The number of anilines is 1. The van der Waals surface area contributed by atoms with Crippen LogP contribution >= 0.6 is 0 Å². The van der Waals surface area contributed by atoms with E-state index < -0.39 is 29.2 Å². The quantitative estimate of drug-likeness (QED) is 0.482. The number of halogens is 2. The third kappa shape index (κ3) is 8.13. The van der Waals surface area contributed by atoms with Gasteiger partial charge in [-0.15, -0.1) is 0 Å². The molecule has 0 bridgehead atoms. The minimum absolute atomic E-state index is 0.334. The van der Waals surface area contributed by atoms with Crippen molar-refractivity contribution in [1.29, 1.82) is 0 Å². The maximum atomic E-state index is 13.6. The van der Waals surface area contributed by atoms with Gasteiger partial charge in [0.25, 0.3) is 5.91 Å². The summed E-state index contributed by atoms with van der Waals surface area (Å²) in [7, 11) is 0. The van der Waals surface area contributed by atoms with Gasteiger partial charge in [-0.2, -0.15) is 0 Å². The summed E-state index contributed by atoms with van der Waals surface area (Å²) in [5.74, 6) is -2.35. The number of rotatable bonds is 8. The lowest BCUT2D eigenvalue weighted by molar-refractivity contribution is 0.0526. The van der Waals surface area contributed by atoms with Gasteiger partial charge in [0.2, 0.25) is 0 Å². The number of hydrogen-bond acceptors (Lipinski definition) is 4. The topological polar surface area (TPSA) is 93.5 Å². The van der Waals surface area contributed by atoms with E-state index in [1.165, 1.54) is 0 Å². The second-order valence-corrected chi connectivity index (χ2v) is 6.95. The molecule has 0 aliphatic carbocycles. The molecule has 0 fully saturated rings. The first-order chi connectivity index (χ1) is 12.1. The summed E-state index contributed by atoms with van der Waals surface area (Å²) in [5, 5.41) is 5.21. The third-order valence-corrected chi connectivity index (χ3v) is 3.39. The van der Waals surface area contributed by atoms with Gasteiger partial charge in [0, 0.05) is 19.2 Å². The highest BCUT2D eigenvalue weighted by Gasteiger charge is 2.16. The fourth-order valence-electron chi connectivity index (χ4n) is 2.14. The van der Waals surface area contributed by atoms with Gasteiger partial charge in [0.1, 0.15) is 17.2 Å². The summed E-state index contributed by atoms with van der Waals surface area (Å²) in [6, 6.07) is 1.59. The van der Waals surface area contributed by atoms with Crippen LogP contribution in [0.25, 0.3) is 0 Å². The average molecular weight is 371 g/mol. The number of benzene rings is 1. The van der Waals surface area contributed by atoms with Crippen LogP contribution < -0.4 is 16.4 Å². The predicted octanol–water partition coefficient (Wildman–Crippen LogP) is 3.36. The number of carbonyl (C=O) groups is 2. The zero-order chi connectivity index (χ0) is 19.7. The van der Waals surface area contributed by atoms with E-state index in [0.29, 0.717) is 19.5 Å². The number of carbonyl (C=O) groups excluding carboxylic acids is 2. The van der Waals surface area contributed by atoms with E-state index in [-0.39, 0.29) is 11.3 Å². The molecule has 0 aliphatic heterocycles. The summed E-state index contributed by atoms with van der Waals surface area (Å²) < 4.78 is 32.0. The molecule has 1 rings (SSSR count). The number of hydrogen-bond donors (Lipinski definition) is 3. The van der Waals surface area contributed by atoms with Gasteiger partial charge in [-0.05, 0) is 39.7 Å². The smallest absolute Gasteiger partial charge is 0.407 e. The Morgan fingerprint density at radius 2 is 1.58 bits per heavy atom. The SMILES string of the molecule is CC(C)(C)OC(=O)NCCCCCCNC(=O)c1cc(F)c(N)cc1F. The molecule has 2 amide bonds. The van der Waals surface area contributed by atoms with Gasteiger partial charge in [-0.25, -0.2) is 13.6 Å². The van der Waals surface area contributed by atoms with Crippen LogP contribution in [0.4, 0.5) is 19.3 Å². The van der Waals surface area contributed by atoms with Gasteiger partial charge < -0.3 is 21.1 Å². The average Bonchev–Trinajstić information content (AvgIpc) is 2.51. The molecule has 0 atom stereocenters. The van der Waals surface area contributed by atoms with Crippen molar-refractivity contribution in [3.63, 3.8) is 0 Å². The minimum atomic E-state index is -0.852. The van der Waals surface area contributed by atoms with Crippen LogP contribution in [0.3, 0.4) is 0 Å². The Kier molecular flexibility index (Phi) is 8.28. The van der Waals surface area contributed by atoms with E-state index in [1.54, 1.807) is 20.8 Å². The molecule has 146 valence electrons. The van der Waals surface area contributed by atoms with Crippen LogP contribution in [-0.2, 0) is 4.74 Å². The fourth-order valence-corrected chi connectivity index (χ4v) is 2.14. The lowest BCUT2D eigenvalue weighted by Crippen LogP contribution is -2.33. The molecule has 0 aromatic heterocycles. The zero-order valence-electron chi connectivity index (χ0n) is 15.5. The minimum Gasteiger partial charge on any atom is -0.444 e. The van der Waals surface area contributed by atoms with E-state index in [0.717, 1.165) is 31.4 Å². The molecule has 0 radical (unpaired) electrons. The molecular formula is C18H27F2N3O3. The third-order valence-electron chi connectivity index (χ3n) is 3.39. The van der Waals surface area contributed by atoms with Crippen molar-refractivity contribution in [3.8, 4) is 0 Å². The van der Waals surface area contributed by atoms with E-state index in [4.69, 9.17) is 10.5 Å². The van der Waals surface area contributed by atoms with E-state index in [9.17, 15) is 18.4 Å². The van der Waals surface area contributed by atoms with Crippen LogP contribution in [0.5, 0.6) is 0 Å². The standard InChI is InChI=1S/C18H27F2N3O3/c1-18(2,3)26-17(25)23-9-7-5-4-6-8-22-16(24)12-10-14(20)15(21)11-13(12)19/h10-11H,4-9,21H2,1-3H3,(H,22,24)(H,23,25). The van der Waals surface area contributed by atoms with Crippen LogP contribution in [0.15, 0.2) is 12.1 Å². The normalized spacial score (nSPS) is 11.1.